The van der Waals surface area contributed by atoms with Crippen LogP contribution in [0.1, 0.15) is 13.3 Å². The monoisotopic (exact) mass is 197 g/mol. The molecule has 80 valence electrons. The van der Waals surface area contributed by atoms with Crippen LogP contribution in [-0.2, 0) is 4.74 Å². The largest absolute Gasteiger partial charge is 0.380 e. The first-order chi connectivity index (χ1) is 6.76. The molecule has 2 aliphatic heterocycles. The minimum Gasteiger partial charge on any atom is -0.380 e. The van der Waals surface area contributed by atoms with Crippen LogP contribution < -0.4 is 5.32 Å². The zero-order chi connectivity index (χ0) is 10.0. The van der Waals surface area contributed by atoms with Crippen molar-refractivity contribution < 1.29 is 4.74 Å². The molecule has 0 saturated carbocycles. The molecule has 1 fully saturated rings. The van der Waals surface area contributed by atoms with Crippen molar-refractivity contribution in [2.24, 2.45) is 10.4 Å². The number of aliphatic imine (C=N–C) groups is 1. The molecule has 4 nitrogen and oxygen atoms in total. The number of hydrogen-bond donors (Lipinski definition) is 1. The Morgan fingerprint density at radius 3 is 2.79 bits per heavy atom. The minimum atomic E-state index is 0.367. The predicted octanol–water partition coefficient (Wildman–Crippen LogP) is 0.304. The second kappa shape index (κ2) is 3.77. The fraction of sp³-hybridized carbons (Fsp3) is 0.900. The minimum absolute atomic E-state index is 0.367. The molecule has 0 aliphatic carbocycles. The fourth-order valence-electron chi connectivity index (χ4n) is 1.81. The van der Waals surface area contributed by atoms with Gasteiger partial charge in [0.05, 0.1) is 19.8 Å². The van der Waals surface area contributed by atoms with Gasteiger partial charge in [-0.25, -0.2) is 0 Å². The van der Waals surface area contributed by atoms with Gasteiger partial charge in [0, 0.05) is 25.6 Å². The van der Waals surface area contributed by atoms with Gasteiger partial charge >= 0.3 is 0 Å². The molecule has 0 unspecified atom stereocenters. The molecule has 14 heavy (non-hydrogen) atoms. The topological polar surface area (TPSA) is 36.9 Å². The average Bonchev–Trinajstić information content (AvgIpc) is 2.51. The Morgan fingerprint density at radius 1 is 1.57 bits per heavy atom. The van der Waals surface area contributed by atoms with E-state index in [1.807, 2.05) is 0 Å². The Balaban J connectivity index is 1.81. The van der Waals surface area contributed by atoms with Gasteiger partial charge in [-0.1, -0.05) is 6.92 Å². The zero-order valence-electron chi connectivity index (χ0n) is 9.05. The highest BCUT2D eigenvalue weighted by Gasteiger charge is 2.37. The summed E-state index contributed by atoms with van der Waals surface area (Å²) in [5.41, 5.74) is 0.367. The first-order valence-corrected chi connectivity index (χ1v) is 5.33. The van der Waals surface area contributed by atoms with Crippen LogP contribution in [0, 0.1) is 5.41 Å². The van der Waals surface area contributed by atoms with Crippen LogP contribution in [0.25, 0.3) is 0 Å². The second-order valence-corrected chi connectivity index (χ2v) is 4.33. The molecular formula is C10H19N3O. The standard InChI is InChI=1S/C10H19N3O/c1-3-10(7-14-8-10)6-12-9-11-4-5-13(9)2/h3-8H2,1-2H3,(H,11,12). The molecule has 2 aliphatic rings. The molecule has 2 rings (SSSR count). The highest BCUT2D eigenvalue weighted by molar-refractivity contribution is 5.81. The van der Waals surface area contributed by atoms with Crippen molar-refractivity contribution in [1.29, 1.82) is 0 Å². The lowest BCUT2D eigenvalue weighted by Crippen LogP contribution is -2.51. The van der Waals surface area contributed by atoms with Gasteiger partial charge in [-0.15, -0.1) is 0 Å². The van der Waals surface area contributed by atoms with Gasteiger partial charge in [0.15, 0.2) is 5.96 Å². The third-order valence-electron chi connectivity index (χ3n) is 3.25. The van der Waals surface area contributed by atoms with Crippen molar-refractivity contribution in [3.05, 3.63) is 0 Å². The first kappa shape index (κ1) is 9.77. The lowest BCUT2D eigenvalue weighted by molar-refractivity contribution is -0.111. The van der Waals surface area contributed by atoms with E-state index in [1.165, 1.54) is 6.42 Å². The second-order valence-electron chi connectivity index (χ2n) is 4.33. The Morgan fingerprint density at radius 2 is 2.36 bits per heavy atom. The smallest absolute Gasteiger partial charge is 0.193 e. The number of ether oxygens (including phenoxy) is 1. The maximum absolute atomic E-state index is 5.28. The van der Waals surface area contributed by atoms with Gasteiger partial charge in [-0.2, -0.15) is 0 Å². The molecule has 1 saturated heterocycles. The highest BCUT2D eigenvalue weighted by Crippen LogP contribution is 2.30. The van der Waals surface area contributed by atoms with E-state index in [4.69, 9.17) is 4.74 Å². The molecule has 0 spiro atoms. The van der Waals surface area contributed by atoms with E-state index in [1.54, 1.807) is 0 Å². The molecule has 0 aromatic heterocycles. The Bertz CT molecular complexity index is 230. The molecule has 2 heterocycles. The van der Waals surface area contributed by atoms with E-state index in [0.717, 1.165) is 38.8 Å². The summed E-state index contributed by atoms with van der Waals surface area (Å²) in [5, 5.41) is 3.42. The van der Waals surface area contributed by atoms with E-state index >= 15 is 0 Å². The summed E-state index contributed by atoms with van der Waals surface area (Å²) in [7, 11) is 2.08. The number of rotatable bonds is 3. The van der Waals surface area contributed by atoms with Gasteiger partial charge in [0.25, 0.3) is 0 Å². The van der Waals surface area contributed by atoms with E-state index < -0.39 is 0 Å². The molecule has 0 radical (unpaired) electrons. The van der Waals surface area contributed by atoms with Crippen LogP contribution in [0.3, 0.4) is 0 Å². The lowest BCUT2D eigenvalue weighted by Gasteiger charge is -2.41. The number of likely N-dealkylation sites (N-methyl/N-ethyl adjacent to an activating group) is 1. The fourth-order valence-corrected chi connectivity index (χ4v) is 1.81. The summed E-state index contributed by atoms with van der Waals surface area (Å²) in [6, 6.07) is 0. The Labute approximate surface area is 85.3 Å². The summed E-state index contributed by atoms with van der Waals surface area (Å²) < 4.78 is 5.28. The number of nitrogens with one attached hydrogen (secondary N) is 1. The van der Waals surface area contributed by atoms with Crippen molar-refractivity contribution in [3.63, 3.8) is 0 Å². The summed E-state index contributed by atoms with van der Waals surface area (Å²) in [6.07, 6.45) is 1.18. The highest BCUT2D eigenvalue weighted by atomic mass is 16.5. The molecule has 0 bridgehead atoms. The maximum atomic E-state index is 5.28. The van der Waals surface area contributed by atoms with Crippen molar-refractivity contribution in [2.75, 3.05) is 39.9 Å². The summed E-state index contributed by atoms with van der Waals surface area (Å²) in [5.74, 6) is 1.05. The van der Waals surface area contributed by atoms with Crippen molar-refractivity contribution >= 4 is 5.96 Å². The summed E-state index contributed by atoms with van der Waals surface area (Å²) in [6.45, 7) is 6.98. The number of hydrogen-bond acceptors (Lipinski definition) is 4. The van der Waals surface area contributed by atoms with Gasteiger partial charge in [-0.05, 0) is 6.42 Å². The predicted molar refractivity (Wildman–Crippen MR) is 56.5 cm³/mol. The molecular weight excluding hydrogens is 178 g/mol. The Kier molecular flexibility index (Phi) is 2.63. The molecule has 0 atom stereocenters. The van der Waals surface area contributed by atoms with E-state index in [2.05, 4.69) is 29.2 Å². The third-order valence-corrected chi connectivity index (χ3v) is 3.25. The molecule has 4 heteroatoms. The molecule has 0 aromatic carbocycles. The number of guanidine groups is 1. The zero-order valence-corrected chi connectivity index (χ0v) is 9.05. The third kappa shape index (κ3) is 1.71. The first-order valence-electron chi connectivity index (χ1n) is 5.33. The summed E-state index contributed by atoms with van der Waals surface area (Å²) >= 11 is 0. The van der Waals surface area contributed by atoms with E-state index in [-0.39, 0.29) is 0 Å². The van der Waals surface area contributed by atoms with E-state index in [9.17, 15) is 0 Å². The average molecular weight is 197 g/mol. The lowest BCUT2D eigenvalue weighted by atomic mass is 9.83. The van der Waals surface area contributed by atoms with Crippen LogP contribution in [0.5, 0.6) is 0 Å². The molecule has 0 amide bonds. The molecule has 0 aromatic rings. The Hall–Kier alpha value is -0.770. The van der Waals surface area contributed by atoms with Crippen molar-refractivity contribution in [2.45, 2.75) is 13.3 Å². The maximum Gasteiger partial charge on any atom is 0.193 e. The van der Waals surface area contributed by atoms with Crippen molar-refractivity contribution in [3.8, 4) is 0 Å². The van der Waals surface area contributed by atoms with Crippen LogP contribution in [0.2, 0.25) is 0 Å². The van der Waals surface area contributed by atoms with Gasteiger partial charge < -0.3 is 15.0 Å². The normalized spacial score (nSPS) is 24.4. The summed E-state index contributed by atoms with van der Waals surface area (Å²) in [4.78, 5) is 6.57. The number of nitrogens with zero attached hydrogens (tertiary/aromatic N) is 2. The van der Waals surface area contributed by atoms with E-state index in [0.29, 0.717) is 5.41 Å². The quantitative estimate of drug-likeness (QED) is 0.707. The van der Waals surface area contributed by atoms with Gasteiger partial charge in [0.1, 0.15) is 0 Å². The molecule has 1 N–H and O–H groups in total. The van der Waals surface area contributed by atoms with Crippen LogP contribution in [-0.4, -0.2) is 50.8 Å². The van der Waals surface area contributed by atoms with Crippen LogP contribution >= 0.6 is 0 Å². The SMILES string of the molecule is CCC1(CNC2=NCCN2C)COC1. The van der Waals surface area contributed by atoms with Gasteiger partial charge in [0.2, 0.25) is 0 Å². The van der Waals surface area contributed by atoms with Crippen LogP contribution in [0.15, 0.2) is 4.99 Å². The van der Waals surface area contributed by atoms with Crippen molar-refractivity contribution in [1.82, 2.24) is 10.2 Å². The van der Waals surface area contributed by atoms with Crippen LogP contribution in [0.4, 0.5) is 0 Å². The van der Waals surface area contributed by atoms with Gasteiger partial charge in [-0.3, -0.25) is 4.99 Å².